The molecule has 8 atom stereocenters. The number of methoxy groups -OCH3 is 1. The summed E-state index contributed by atoms with van der Waals surface area (Å²) in [6.07, 6.45) is 1.05. The van der Waals surface area contributed by atoms with Gasteiger partial charge in [-0.2, -0.15) is 5.10 Å². The number of aliphatic hydroxyl groups is 1. The maximum Gasteiger partial charge on any atom is 0.409 e. The number of nitrogens with one attached hydrogen (secondary N) is 2. The van der Waals surface area contributed by atoms with Crippen molar-refractivity contribution in [3.63, 3.8) is 0 Å². The van der Waals surface area contributed by atoms with Crippen molar-refractivity contribution in [2.75, 3.05) is 64.1 Å². The molecule has 380 valence electrons. The zero-order valence-corrected chi connectivity index (χ0v) is 42.0. The highest BCUT2D eigenvalue weighted by atomic mass is 35.5. The molecule has 2 fully saturated rings. The number of epoxide rings is 1. The lowest BCUT2D eigenvalue weighted by atomic mass is 9.83. The predicted octanol–water partition coefficient (Wildman–Crippen LogP) is 4.78. The van der Waals surface area contributed by atoms with Crippen LogP contribution in [0.1, 0.15) is 81.8 Å². The molecule has 4 aliphatic heterocycles. The van der Waals surface area contributed by atoms with E-state index in [0.29, 0.717) is 28.4 Å². The van der Waals surface area contributed by atoms with E-state index in [1.165, 1.54) is 35.9 Å². The average molecular weight is 994 g/mol. The number of fused-ring (bicyclic) bond motifs is 5. The van der Waals surface area contributed by atoms with Gasteiger partial charge in [0.15, 0.2) is 5.72 Å². The Morgan fingerprint density at radius 2 is 1.74 bits per heavy atom. The molecule has 2 aromatic rings. The molecule has 0 aliphatic carbocycles. The Kier molecular flexibility index (Phi) is 17.6. The molecule has 1 unspecified atom stereocenters. The third kappa shape index (κ3) is 12.8. The largest absolute Gasteiger partial charge is 0.457 e. The van der Waals surface area contributed by atoms with Crippen LogP contribution in [-0.4, -0.2) is 147 Å². The second-order valence-electron chi connectivity index (χ2n) is 18.5. The maximum atomic E-state index is 14.2. The smallest absolute Gasteiger partial charge is 0.409 e. The van der Waals surface area contributed by atoms with Crippen LogP contribution in [0, 0.1) is 12.8 Å². The number of hydrogen-bond acceptors (Lipinski definition) is 14. The van der Waals surface area contributed by atoms with E-state index < -0.39 is 71.6 Å². The van der Waals surface area contributed by atoms with E-state index in [1.54, 1.807) is 64.2 Å². The Balaban J connectivity index is 1.03. The number of nitrogens with zero attached hydrogens (tertiary/aromatic N) is 4. The molecule has 20 heteroatoms. The zero-order valence-electron chi connectivity index (χ0n) is 41.2. The number of ether oxygens (including phenoxy) is 6. The lowest BCUT2D eigenvalue weighted by molar-refractivity contribution is -0.162. The van der Waals surface area contributed by atoms with E-state index in [-0.39, 0.29) is 70.5 Å². The normalized spacial score (nSPS) is 27.5. The summed E-state index contributed by atoms with van der Waals surface area (Å²) in [6, 6.07) is 9.26. The van der Waals surface area contributed by atoms with Crippen molar-refractivity contribution in [1.29, 1.82) is 0 Å². The Hall–Kier alpha value is -5.70. The second-order valence-corrected chi connectivity index (χ2v) is 18.9. The van der Waals surface area contributed by atoms with E-state index in [9.17, 15) is 33.9 Å². The van der Waals surface area contributed by atoms with E-state index in [1.807, 2.05) is 32.1 Å². The minimum absolute atomic E-state index is 0.0424. The molecule has 4 aliphatic rings. The Morgan fingerprint density at radius 3 is 2.41 bits per heavy atom. The lowest BCUT2D eigenvalue weighted by Gasteiger charge is -2.42. The fourth-order valence-electron chi connectivity index (χ4n) is 8.76. The number of carbonyl (C=O) groups is 6. The third-order valence-corrected chi connectivity index (χ3v) is 13.7. The number of hydrogen-bond donors (Lipinski definition) is 3. The van der Waals surface area contributed by atoms with Crippen molar-refractivity contribution in [2.24, 2.45) is 11.0 Å². The number of hydrazone groups is 1. The molecule has 2 saturated heterocycles. The van der Waals surface area contributed by atoms with Crippen molar-refractivity contribution >= 4 is 64.4 Å². The van der Waals surface area contributed by atoms with Gasteiger partial charge in [0, 0.05) is 51.4 Å². The Bertz CT molecular complexity index is 2390. The summed E-state index contributed by atoms with van der Waals surface area (Å²) in [4.78, 5) is 81.8. The van der Waals surface area contributed by atoms with Gasteiger partial charge < -0.3 is 48.6 Å². The van der Waals surface area contributed by atoms with Gasteiger partial charge in [-0.3, -0.25) is 24.5 Å². The number of aryl methyl sites for hydroxylation is 1. The average Bonchev–Trinajstić information content (AvgIpc) is 3.90. The summed E-state index contributed by atoms with van der Waals surface area (Å²) in [5.41, 5.74) is 1.68. The first kappa shape index (κ1) is 53.6. The fourth-order valence-corrected chi connectivity index (χ4v) is 9.00. The molecule has 4 bridgehead atoms. The molecule has 19 nitrogen and oxygen atoms in total. The number of alkyl carbamates (subject to hydrolysis) is 1. The predicted molar refractivity (Wildman–Crippen MR) is 259 cm³/mol. The first-order chi connectivity index (χ1) is 33.1. The quantitative estimate of drug-likeness (QED) is 0.124. The maximum absolute atomic E-state index is 14.2. The molecule has 2 aromatic carbocycles. The number of benzene rings is 2. The summed E-state index contributed by atoms with van der Waals surface area (Å²) in [6.45, 7) is 11.5. The van der Waals surface area contributed by atoms with Gasteiger partial charge in [-0.05, 0) is 82.5 Å². The number of carbonyl (C=O) groups excluding carboxylic acids is 6. The number of halogens is 1. The SMILES string of the molecule is CO[C@@H]1/C=C/C=C(\C)Cc2cc(C)c(Cl)c(c2)N(C)C(=O)C[C@H](OC(=O)[C@H](C)N(C)C(=O)CCOCCOCCNC(=O)c2ccc(N3N=C(C)CC3=O)cc2)[C@]2(C)OC2[C@H](C)[C@@H]2C[C@@]1(O)NC(=O)O2. The van der Waals surface area contributed by atoms with E-state index in [2.05, 4.69) is 15.7 Å². The Morgan fingerprint density at radius 1 is 1.04 bits per heavy atom. The number of likely N-dealkylation sites (N-methyl/N-ethyl adjacent to an activating group) is 1. The van der Waals surface area contributed by atoms with Crippen LogP contribution in [0.4, 0.5) is 16.2 Å². The highest BCUT2D eigenvalue weighted by molar-refractivity contribution is 6.34. The Labute approximate surface area is 413 Å². The van der Waals surface area contributed by atoms with Crippen molar-refractivity contribution < 1.29 is 62.3 Å². The minimum Gasteiger partial charge on any atom is -0.457 e. The molecular weight excluding hydrogens is 928 g/mol. The first-order valence-electron chi connectivity index (χ1n) is 23.3. The third-order valence-electron chi connectivity index (χ3n) is 13.2. The van der Waals surface area contributed by atoms with Crippen LogP contribution >= 0.6 is 11.6 Å². The van der Waals surface area contributed by atoms with Gasteiger partial charge in [-0.1, -0.05) is 48.4 Å². The molecule has 5 amide bonds. The van der Waals surface area contributed by atoms with Gasteiger partial charge in [0.25, 0.3) is 11.8 Å². The molecule has 0 radical (unpaired) electrons. The molecule has 0 aromatic heterocycles. The fraction of sp³-hybridized carbons (Fsp3) is 0.540. The van der Waals surface area contributed by atoms with Crippen molar-refractivity contribution in [3.05, 3.63) is 81.9 Å². The van der Waals surface area contributed by atoms with Crippen molar-refractivity contribution in [1.82, 2.24) is 15.5 Å². The molecular formula is C50H65ClN6O13. The first-order valence-corrected chi connectivity index (χ1v) is 23.7. The van der Waals surface area contributed by atoms with Crippen LogP contribution in [-0.2, 0) is 54.0 Å². The minimum atomic E-state index is -1.85. The molecule has 0 spiro atoms. The highest BCUT2D eigenvalue weighted by Crippen LogP contribution is 2.49. The number of rotatable bonds is 15. The molecule has 0 saturated carbocycles. The molecule has 4 heterocycles. The number of anilines is 2. The molecule has 3 N–H and O–H groups in total. The van der Waals surface area contributed by atoms with Crippen molar-refractivity contribution in [2.45, 2.75) is 115 Å². The van der Waals surface area contributed by atoms with Crippen LogP contribution in [0.25, 0.3) is 0 Å². The van der Waals surface area contributed by atoms with Crippen LogP contribution in [0.3, 0.4) is 0 Å². The standard InChI is InChI=1S/C50H65ClN6O13/c1-29-11-10-12-39(65-9)50(64)28-38(68-48(63)53-50)32(4)45-49(6,70-45)40(27-42(59)56(8)37-26-34(23-29)24-30(2)44(37)51)69-47(62)33(5)55(7)41(58)17-19-66-21-22-67-20-18-52-46(61)35-13-15-36(16-14-35)57-43(60)25-31(3)54-57/h10-16,24,26,32-33,38-40,45,64H,17-23,25,27-28H2,1-9H3,(H,52,61)(H,53,63)/b12-10+,29-11+/t32-,33+,38+,39-,40+,45?,49+,50+/m1/s1. The van der Waals surface area contributed by atoms with Gasteiger partial charge in [-0.15, -0.1) is 0 Å². The summed E-state index contributed by atoms with van der Waals surface area (Å²) in [5, 5.41) is 23.0. The van der Waals surface area contributed by atoms with Crippen LogP contribution in [0.15, 0.2) is 65.3 Å². The van der Waals surface area contributed by atoms with Gasteiger partial charge in [-0.25, -0.2) is 14.6 Å². The van der Waals surface area contributed by atoms with Gasteiger partial charge in [0.2, 0.25) is 11.8 Å². The molecule has 6 rings (SSSR count). The monoisotopic (exact) mass is 992 g/mol. The van der Waals surface area contributed by atoms with Crippen LogP contribution < -0.4 is 20.5 Å². The number of allylic oxidation sites excluding steroid dienone is 3. The van der Waals surface area contributed by atoms with E-state index in [4.69, 9.17) is 40.0 Å². The topological polar surface area (TPSA) is 227 Å². The van der Waals surface area contributed by atoms with E-state index in [0.717, 1.165) is 22.4 Å². The van der Waals surface area contributed by atoms with Gasteiger partial charge in [0.05, 0.1) is 68.2 Å². The van der Waals surface area contributed by atoms with Crippen molar-refractivity contribution in [3.8, 4) is 0 Å². The van der Waals surface area contributed by atoms with Crippen LogP contribution in [0.5, 0.6) is 0 Å². The second kappa shape index (κ2) is 23.0. The summed E-state index contributed by atoms with van der Waals surface area (Å²) in [5.74, 6) is -2.59. The number of amides is 5. The van der Waals surface area contributed by atoms with Crippen LogP contribution in [0.2, 0.25) is 5.02 Å². The van der Waals surface area contributed by atoms with Gasteiger partial charge >= 0.3 is 12.1 Å². The zero-order chi connectivity index (χ0) is 51.1. The highest BCUT2D eigenvalue weighted by Gasteiger charge is 2.64. The summed E-state index contributed by atoms with van der Waals surface area (Å²) in [7, 11) is 4.50. The molecule has 70 heavy (non-hydrogen) atoms. The summed E-state index contributed by atoms with van der Waals surface area (Å²) >= 11 is 6.81. The van der Waals surface area contributed by atoms with E-state index >= 15 is 0 Å². The number of esters is 1. The lowest BCUT2D eigenvalue weighted by Crippen LogP contribution is -2.63. The summed E-state index contributed by atoms with van der Waals surface area (Å²) < 4.78 is 35.0. The van der Waals surface area contributed by atoms with Gasteiger partial charge in [0.1, 0.15) is 30.0 Å².